The van der Waals surface area contributed by atoms with Gasteiger partial charge in [0.25, 0.3) is 10.2 Å². The van der Waals surface area contributed by atoms with Crippen molar-refractivity contribution in [3.8, 4) is 0 Å². The van der Waals surface area contributed by atoms with Crippen LogP contribution in [0.4, 0.5) is 0 Å². The van der Waals surface area contributed by atoms with E-state index in [0.29, 0.717) is 5.56 Å². The summed E-state index contributed by atoms with van der Waals surface area (Å²) in [5, 5.41) is 0. The first-order valence-electron chi connectivity index (χ1n) is 10.1. The van der Waals surface area contributed by atoms with Gasteiger partial charge < -0.3 is 0 Å². The Labute approximate surface area is 183 Å². The molecule has 0 saturated carbocycles. The highest BCUT2D eigenvalue weighted by atomic mass is 32.2. The first-order valence-corrected chi connectivity index (χ1v) is 11.5. The van der Waals surface area contributed by atoms with Crippen molar-refractivity contribution in [2.45, 2.75) is 13.1 Å². The predicted octanol–water partition coefficient (Wildman–Crippen LogP) is 4.15. The molecular formula is C25H24N2O3S. The molecule has 0 saturated heterocycles. The van der Waals surface area contributed by atoms with Gasteiger partial charge in [0, 0.05) is 31.7 Å². The first kappa shape index (κ1) is 21.2. The molecule has 158 valence electrons. The van der Waals surface area contributed by atoms with Crippen LogP contribution >= 0.6 is 0 Å². The van der Waals surface area contributed by atoms with Crippen molar-refractivity contribution < 1.29 is 13.2 Å². The Morgan fingerprint density at radius 1 is 0.742 bits per heavy atom. The maximum Gasteiger partial charge on any atom is 0.283 e. The van der Waals surface area contributed by atoms with E-state index in [2.05, 4.69) is 0 Å². The number of carbonyl (C=O) groups is 1. The van der Waals surface area contributed by atoms with Gasteiger partial charge in [0.2, 0.25) is 0 Å². The van der Waals surface area contributed by atoms with Gasteiger partial charge in [-0.05, 0) is 22.3 Å². The monoisotopic (exact) mass is 432 g/mol. The SMILES string of the molecule is O=Cc1ccccc1C1=CCN(Cc2ccccc2)S(=O)(=O)N(Cc2ccccc2)C1. The van der Waals surface area contributed by atoms with Crippen LogP contribution in [-0.2, 0) is 23.3 Å². The van der Waals surface area contributed by atoms with Crippen LogP contribution in [0.3, 0.4) is 0 Å². The van der Waals surface area contributed by atoms with Crippen LogP contribution in [-0.4, -0.2) is 36.4 Å². The van der Waals surface area contributed by atoms with Crippen LogP contribution in [0.5, 0.6) is 0 Å². The molecule has 5 nitrogen and oxygen atoms in total. The topological polar surface area (TPSA) is 57.7 Å². The van der Waals surface area contributed by atoms with Crippen molar-refractivity contribution in [1.29, 1.82) is 0 Å². The van der Waals surface area contributed by atoms with E-state index in [9.17, 15) is 13.2 Å². The molecule has 6 heteroatoms. The maximum atomic E-state index is 13.6. The van der Waals surface area contributed by atoms with E-state index >= 15 is 0 Å². The summed E-state index contributed by atoms with van der Waals surface area (Å²) in [6.07, 6.45) is 2.74. The van der Waals surface area contributed by atoms with Gasteiger partial charge in [0.05, 0.1) is 0 Å². The molecule has 31 heavy (non-hydrogen) atoms. The summed E-state index contributed by atoms with van der Waals surface area (Å²) in [7, 11) is -3.73. The molecule has 0 amide bonds. The van der Waals surface area contributed by atoms with Crippen molar-refractivity contribution >= 4 is 22.1 Å². The van der Waals surface area contributed by atoms with Crippen molar-refractivity contribution in [2.75, 3.05) is 13.1 Å². The summed E-state index contributed by atoms with van der Waals surface area (Å²) >= 11 is 0. The van der Waals surface area contributed by atoms with Gasteiger partial charge in [0.1, 0.15) is 0 Å². The number of rotatable bonds is 6. The lowest BCUT2D eigenvalue weighted by atomic mass is 9.99. The smallest absolute Gasteiger partial charge is 0.283 e. The summed E-state index contributed by atoms with van der Waals surface area (Å²) in [4.78, 5) is 11.6. The lowest BCUT2D eigenvalue weighted by Gasteiger charge is -2.27. The lowest BCUT2D eigenvalue weighted by molar-refractivity contribution is 0.112. The van der Waals surface area contributed by atoms with Crippen molar-refractivity contribution in [3.05, 3.63) is 113 Å². The highest BCUT2D eigenvalue weighted by molar-refractivity contribution is 7.86. The Kier molecular flexibility index (Phi) is 6.42. The van der Waals surface area contributed by atoms with Crippen LogP contribution < -0.4 is 0 Å². The van der Waals surface area contributed by atoms with E-state index in [1.165, 1.54) is 8.61 Å². The van der Waals surface area contributed by atoms with E-state index in [1.807, 2.05) is 84.9 Å². The first-order chi connectivity index (χ1) is 15.1. The Bertz CT molecular complexity index is 1180. The molecule has 0 spiro atoms. The van der Waals surface area contributed by atoms with E-state index in [0.717, 1.165) is 28.5 Å². The minimum absolute atomic E-state index is 0.202. The van der Waals surface area contributed by atoms with E-state index in [-0.39, 0.29) is 26.2 Å². The standard InChI is InChI=1S/C25H24N2O3S/c28-20-24-13-7-8-14-25(24)23-15-16-26(17-21-9-3-1-4-10-21)31(29,30)27(19-23)18-22-11-5-2-6-12-22/h1-15,20H,16-19H2. The quantitative estimate of drug-likeness (QED) is 0.550. The minimum atomic E-state index is -3.73. The van der Waals surface area contributed by atoms with Gasteiger partial charge in [0.15, 0.2) is 6.29 Å². The van der Waals surface area contributed by atoms with E-state index in [1.54, 1.807) is 6.07 Å². The molecule has 3 aromatic rings. The van der Waals surface area contributed by atoms with Gasteiger partial charge in [-0.15, -0.1) is 0 Å². The molecule has 0 aliphatic carbocycles. The molecule has 1 heterocycles. The van der Waals surface area contributed by atoms with Gasteiger partial charge in [-0.3, -0.25) is 4.79 Å². The average molecular weight is 433 g/mol. The van der Waals surface area contributed by atoms with Gasteiger partial charge in [-0.1, -0.05) is 91.0 Å². The number of nitrogens with zero attached hydrogens (tertiary/aromatic N) is 2. The fourth-order valence-corrected chi connectivity index (χ4v) is 5.27. The molecule has 0 fully saturated rings. The van der Waals surface area contributed by atoms with Crippen LogP contribution in [0, 0.1) is 0 Å². The van der Waals surface area contributed by atoms with E-state index in [4.69, 9.17) is 0 Å². The van der Waals surface area contributed by atoms with Crippen molar-refractivity contribution in [1.82, 2.24) is 8.61 Å². The minimum Gasteiger partial charge on any atom is -0.298 e. The lowest BCUT2D eigenvalue weighted by Crippen LogP contribution is -2.42. The van der Waals surface area contributed by atoms with Crippen LogP contribution in [0.2, 0.25) is 0 Å². The molecule has 4 rings (SSSR count). The molecular weight excluding hydrogens is 408 g/mol. The molecule has 3 aromatic carbocycles. The third kappa shape index (κ3) is 4.82. The molecule has 0 atom stereocenters. The zero-order chi connectivity index (χ0) is 21.7. The summed E-state index contributed by atoms with van der Waals surface area (Å²) in [5.41, 5.74) is 4.00. The molecule has 0 radical (unpaired) electrons. The molecule has 1 aliphatic rings. The van der Waals surface area contributed by atoms with Gasteiger partial charge in [-0.2, -0.15) is 17.0 Å². The van der Waals surface area contributed by atoms with Crippen molar-refractivity contribution in [3.63, 3.8) is 0 Å². The molecule has 0 aromatic heterocycles. The Morgan fingerprint density at radius 2 is 1.29 bits per heavy atom. The molecule has 0 unspecified atom stereocenters. The molecule has 0 bridgehead atoms. The second-order valence-electron chi connectivity index (χ2n) is 7.47. The molecule has 1 aliphatic heterocycles. The normalized spacial score (nSPS) is 17.0. The second-order valence-corrected chi connectivity index (χ2v) is 9.40. The highest BCUT2D eigenvalue weighted by Crippen LogP contribution is 2.27. The third-order valence-electron chi connectivity index (χ3n) is 5.38. The summed E-state index contributed by atoms with van der Waals surface area (Å²) in [6.45, 7) is 0.987. The second kappa shape index (κ2) is 9.39. The zero-order valence-electron chi connectivity index (χ0n) is 17.1. The van der Waals surface area contributed by atoms with Gasteiger partial charge in [-0.25, -0.2) is 0 Å². The third-order valence-corrected chi connectivity index (χ3v) is 7.22. The Hall–Kier alpha value is -3.06. The number of benzene rings is 3. The van der Waals surface area contributed by atoms with Crippen LogP contribution in [0.25, 0.3) is 5.57 Å². The van der Waals surface area contributed by atoms with E-state index < -0.39 is 10.2 Å². The molecule has 0 N–H and O–H groups in total. The fourth-order valence-electron chi connectivity index (χ4n) is 3.75. The summed E-state index contributed by atoms with van der Waals surface area (Å²) in [6, 6.07) is 26.4. The van der Waals surface area contributed by atoms with Gasteiger partial charge >= 0.3 is 0 Å². The number of hydrogen-bond acceptors (Lipinski definition) is 3. The number of carbonyl (C=O) groups excluding carboxylic acids is 1. The Balaban J connectivity index is 1.73. The largest absolute Gasteiger partial charge is 0.298 e. The van der Waals surface area contributed by atoms with Crippen molar-refractivity contribution in [2.24, 2.45) is 0 Å². The fraction of sp³-hybridized carbons (Fsp3) is 0.160. The predicted molar refractivity (Wildman–Crippen MR) is 122 cm³/mol. The van der Waals surface area contributed by atoms with Crippen LogP contribution in [0.15, 0.2) is 91.0 Å². The highest BCUT2D eigenvalue weighted by Gasteiger charge is 2.33. The number of aldehydes is 1. The summed E-state index contributed by atoms with van der Waals surface area (Å²) < 4.78 is 30.2. The van der Waals surface area contributed by atoms with Crippen LogP contribution in [0.1, 0.15) is 27.0 Å². The average Bonchev–Trinajstić information content (AvgIpc) is 2.92. The maximum absolute atomic E-state index is 13.6. The Morgan fingerprint density at radius 3 is 1.90 bits per heavy atom. The summed E-state index contributed by atoms with van der Waals surface area (Å²) in [5.74, 6) is 0. The number of hydrogen-bond donors (Lipinski definition) is 0. The zero-order valence-corrected chi connectivity index (χ0v) is 17.9.